The van der Waals surface area contributed by atoms with E-state index in [4.69, 9.17) is 9.47 Å². The number of hydrogen-bond acceptors (Lipinski definition) is 2. The third kappa shape index (κ3) is 2.06. The van der Waals surface area contributed by atoms with Crippen LogP contribution in [0.2, 0.25) is 0 Å². The van der Waals surface area contributed by atoms with E-state index >= 15 is 0 Å². The molecule has 0 radical (unpaired) electrons. The van der Waals surface area contributed by atoms with Gasteiger partial charge >= 0.3 is 0 Å². The first kappa shape index (κ1) is 10.7. The molecule has 0 aromatic carbocycles. The van der Waals surface area contributed by atoms with Gasteiger partial charge in [-0.25, -0.2) is 0 Å². The van der Waals surface area contributed by atoms with Crippen molar-refractivity contribution in [3.05, 3.63) is 37.5 Å². The van der Waals surface area contributed by atoms with Crippen LogP contribution in [0, 0.1) is 11.8 Å². The molecule has 2 rings (SSSR count). The predicted molar refractivity (Wildman–Crippen MR) is 60.6 cm³/mol. The average Bonchev–Trinajstić information content (AvgIpc) is 2.83. The molecule has 0 N–H and O–H groups in total. The van der Waals surface area contributed by atoms with Crippen LogP contribution in [-0.2, 0) is 9.47 Å². The van der Waals surface area contributed by atoms with Crippen LogP contribution in [0.4, 0.5) is 0 Å². The Morgan fingerprint density at radius 2 is 1.47 bits per heavy atom. The zero-order valence-corrected chi connectivity index (χ0v) is 8.97. The molecule has 4 unspecified atom stereocenters. The van der Waals surface area contributed by atoms with E-state index in [-0.39, 0.29) is 12.2 Å². The normalized spacial score (nSPS) is 37.1. The lowest BCUT2D eigenvalue weighted by Crippen LogP contribution is -2.35. The van der Waals surface area contributed by atoms with Crippen molar-refractivity contribution in [1.82, 2.24) is 0 Å². The Labute approximate surface area is 91.3 Å². The summed E-state index contributed by atoms with van der Waals surface area (Å²) < 4.78 is 11.5. The van der Waals surface area contributed by atoms with E-state index in [0.717, 1.165) is 0 Å². The van der Waals surface area contributed by atoms with Gasteiger partial charge < -0.3 is 9.47 Å². The first-order chi connectivity index (χ1) is 7.36. The Morgan fingerprint density at radius 3 is 1.87 bits per heavy atom. The quantitative estimate of drug-likeness (QED) is 0.621. The van der Waals surface area contributed by atoms with E-state index in [1.165, 1.54) is 6.42 Å². The Bertz CT molecular complexity index is 244. The van der Waals surface area contributed by atoms with Crippen molar-refractivity contribution >= 4 is 0 Å². The minimum absolute atomic E-state index is 0.206. The highest BCUT2D eigenvalue weighted by Gasteiger charge is 2.45. The van der Waals surface area contributed by atoms with Gasteiger partial charge in [0.1, 0.15) is 0 Å². The Hall–Kier alpha value is -0.860. The van der Waals surface area contributed by atoms with Crippen molar-refractivity contribution in [3.8, 4) is 0 Å². The van der Waals surface area contributed by atoms with Gasteiger partial charge in [0.25, 0.3) is 0 Å². The lowest BCUT2D eigenvalue weighted by Gasteiger charge is -2.27. The molecule has 0 saturated heterocycles. The molecule has 0 amide bonds. The second-order valence-electron chi connectivity index (χ2n) is 4.12. The minimum Gasteiger partial charge on any atom is -0.371 e. The van der Waals surface area contributed by atoms with Gasteiger partial charge in [0.2, 0.25) is 0 Å². The van der Waals surface area contributed by atoms with Gasteiger partial charge in [0, 0.05) is 11.8 Å². The fourth-order valence-electron chi connectivity index (χ4n) is 2.53. The maximum atomic E-state index is 5.77. The minimum atomic E-state index is 0.206. The molecule has 2 heteroatoms. The molecule has 4 atom stereocenters. The summed E-state index contributed by atoms with van der Waals surface area (Å²) >= 11 is 0. The molecule has 1 fully saturated rings. The van der Waals surface area contributed by atoms with Crippen LogP contribution in [0.5, 0.6) is 0 Å². The molecule has 2 bridgehead atoms. The molecule has 82 valence electrons. The first-order valence-electron chi connectivity index (χ1n) is 5.50. The van der Waals surface area contributed by atoms with Crippen LogP contribution < -0.4 is 0 Å². The molecule has 0 spiro atoms. The van der Waals surface area contributed by atoms with E-state index in [2.05, 4.69) is 25.3 Å². The van der Waals surface area contributed by atoms with Gasteiger partial charge in [-0.2, -0.15) is 0 Å². The Kier molecular flexibility index (Phi) is 3.39. The monoisotopic (exact) mass is 206 g/mol. The van der Waals surface area contributed by atoms with Crippen LogP contribution in [0.1, 0.15) is 6.42 Å². The molecular weight excluding hydrogens is 188 g/mol. The summed E-state index contributed by atoms with van der Waals surface area (Å²) in [6.07, 6.45) is 9.68. The van der Waals surface area contributed by atoms with Gasteiger partial charge in [-0.3, -0.25) is 0 Å². The van der Waals surface area contributed by atoms with Gasteiger partial charge in [-0.1, -0.05) is 24.3 Å². The smallest absolute Gasteiger partial charge is 0.0909 e. The van der Waals surface area contributed by atoms with Crippen molar-refractivity contribution in [2.45, 2.75) is 18.6 Å². The standard InChI is InChI=1S/C13H18O2/c1-3-7-14-12-10-5-6-11(9-10)13(12)15-8-4-2/h3-6,10-13H,1-2,7-9H2. The summed E-state index contributed by atoms with van der Waals surface area (Å²) in [5.74, 6) is 1.06. The van der Waals surface area contributed by atoms with Crippen LogP contribution in [0.15, 0.2) is 37.5 Å². The Balaban J connectivity index is 1.96. The SMILES string of the molecule is C=CCOC1C2C=CC(C2)C1OCC=C. The second kappa shape index (κ2) is 4.77. The lowest BCUT2D eigenvalue weighted by molar-refractivity contribution is -0.0626. The molecule has 15 heavy (non-hydrogen) atoms. The van der Waals surface area contributed by atoms with Crippen LogP contribution in [0.25, 0.3) is 0 Å². The summed E-state index contributed by atoms with van der Waals surface area (Å²) in [5, 5.41) is 0. The van der Waals surface area contributed by atoms with Crippen molar-refractivity contribution in [1.29, 1.82) is 0 Å². The van der Waals surface area contributed by atoms with Crippen LogP contribution in [-0.4, -0.2) is 25.4 Å². The summed E-state index contributed by atoms with van der Waals surface area (Å²) in [5.41, 5.74) is 0. The summed E-state index contributed by atoms with van der Waals surface area (Å²) in [6, 6.07) is 0. The van der Waals surface area contributed by atoms with E-state index < -0.39 is 0 Å². The number of ether oxygens (including phenoxy) is 2. The molecule has 2 nitrogen and oxygen atoms in total. The van der Waals surface area contributed by atoms with Crippen molar-refractivity contribution in [3.63, 3.8) is 0 Å². The van der Waals surface area contributed by atoms with Crippen molar-refractivity contribution in [2.75, 3.05) is 13.2 Å². The zero-order chi connectivity index (χ0) is 10.7. The highest BCUT2D eigenvalue weighted by atomic mass is 16.5. The topological polar surface area (TPSA) is 18.5 Å². The van der Waals surface area contributed by atoms with E-state index in [9.17, 15) is 0 Å². The molecule has 0 aliphatic heterocycles. The zero-order valence-electron chi connectivity index (χ0n) is 8.97. The summed E-state index contributed by atoms with van der Waals surface area (Å²) in [6.45, 7) is 8.56. The molecule has 2 aliphatic carbocycles. The van der Waals surface area contributed by atoms with Crippen molar-refractivity contribution < 1.29 is 9.47 Å². The molecule has 2 aliphatic rings. The molecule has 1 saturated carbocycles. The van der Waals surface area contributed by atoms with Gasteiger partial charge in [-0.05, 0) is 6.42 Å². The average molecular weight is 206 g/mol. The van der Waals surface area contributed by atoms with Crippen LogP contribution >= 0.6 is 0 Å². The van der Waals surface area contributed by atoms with Gasteiger partial charge in [0.15, 0.2) is 0 Å². The van der Waals surface area contributed by atoms with Crippen LogP contribution in [0.3, 0.4) is 0 Å². The molecule has 0 aromatic heterocycles. The maximum Gasteiger partial charge on any atom is 0.0909 e. The highest BCUT2D eigenvalue weighted by Crippen LogP contribution is 2.42. The third-order valence-electron chi connectivity index (χ3n) is 3.13. The summed E-state index contributed by atoms with van der Waals surface area (Å²) in [4.78, 5) is 0. The van der Waals surface area contributed by atoms with Gasteiger partial charge in [-0.15, -0.1) is 13.2 Å². The Morgan fingerprint density at radius 1 is 1.00 bits per heavy atom. The predicted octanol–water partition coefficient (Wildman–Crippen LogP) is 2.33. The molecule has 0 heterocycles. The second-order valence-corrected chi connectivity index (χ2v) is 4.12. The number of fused-ring (bicyclic) bond motifs is 2. The number of hydrogen-bond donors (Lipinski definition) is 0. The highest BCUT2D eigenvalue weighted by molar-refractivity contribution is 5.16. The number of rotatable bonds is 6. The fourth-order valence-corrected chi connectivity index (χ4v) is 2.53. The lowest BCUT2D eigenvalue weighted by atomic mass is 10.0. The largest absolute Gasteiger partial charge is 0.371 e. The van der Waals surface area contributed by atoms with E-state index in [1.54, 1.807) is 12.2 Å². The van der Waals surface area contributed by atoms with Gasteiger partial charge in [0.05, 0.1) is 25.4 Å². The molecule has 0 aromatic rings. The maximum absolute atomic E-state index is 5.77. The summed E-state index contributed by atoms with van der Waals surface area (Å²) in [7, 11) is 0. The van der Waals surface area contributed by atoms with E-state index in [1.807, 2.05) is 0 Å². The molecular formula is C13H18O2. The fraction of sp³-hybridized carbons (Fsp3) is 0.538. The third-order valence-corrected chi connectivity index (χ3v) is 3.13. The first-order valence-corrected chi connectivity index (χ1v) is 5.50. The van der Waals surface area contributed by atoms with E-state index in [0.29, 0.717) is 25.0 Å². The van der Waals surface area contributed by atoms with Crippen molar-refractivity contribution in [2.24, 2.45) is 11.8 Å².